The smallest absolute Gasteiger partial charge is 0.381 e. The Morgan fingerprint density at radius 3 is 2.38 bits per heavy atom. The van der Waals surface area contributed by atoms with Gasteiger partial charge in [0.15, 0.2) is 0 Å². The van der Waals surface area contributed by atoms with Gasteiger partial charge in [-0.3, -0.25) is 4.79 Å². The molecule has 1 aliphatic rings. The standard InChI is InChI=1S/C9H15F3N2O2/c1-14(6-9(10,11)12)7(15)8(13)2-4-16-5-3-8/h2-6,13H2,1H3. The van der Waals surface area contributed by atoms with Gasteiger partial charge < -0.3 is 15.4 Å². The fourth-order valence-electron chi connectivity index (χ4n) is 1.67. The molecule has 0 aromatic carbocycles. The summed E-state index contributed by atoms with van der Waals surface area (Å²) in [7, 11) is 1.11. The molecule has 2 N–H and O–H groups in total. The van der Waals surface area contributed by atoms with Crippen molar-refractivity contribution in [3.63, 3.8) is 0 Å². The van der Waals surface area contributed by atoms with Crippen molar-refractivity contribution in [3.05, 3.63) is 0 Å². The maximum atomic E-state index is 12.1. The molecule has 4 nitrogen and oxygen atoms in total. The van der Waals surface area contributed by atoms with Crippen molar-refractivity contribution in [1.82, 2.24) is 4.90 Å². The second-order valence-corrected chi connectivity index (χ2v) is 4.04. The van der Waals surface area contributed by atoms with E-state index in [1.54, 1.807) is 0 Å². The Kier molecular flexibility index (Phi) is 3.80. The highest BCUT2D eigenvalue weighted by Gasteiger charge is 2.41. The van der Waals surface area contributed by atoms with Crippen molar-refractivity contribution in [2.24, 2.45) is 5.73 Å². The van der Waals surface area contributed by atoms with Crippen molar-refractivity contribution in [2.75, 3.05) is 26.8 Å². The molecule has 0 spiro atoms. The number of amides is 1. The number of hydrogen-bond donors (Lipinski definition) is 1. The lowest BCUT2D eigenvalue weighted by molar-refractivity contribution is -0.163. The van der Waals surface area contributed by atoms with Crippen LogP contribution in [0.5, 0.6) is 0 Å². The third kappa shape index (κ3) is 3.34. The summed E-state index contributed by atoms with van der Waals surface area (Å²) >= 11 is 0. The van der Waals surface area contributed by atoms with Crippen molar-refractivity contribution in [3.8, 4) is 0 Å². The zero-order valence-corrected chi connectivity index (χ0v) is 9.01. The lowest BCUT2D eigenvalue weighted by Crippen LogP contribution is -2.58. The van der Waals surface area contributed by atoms with Crippen molar-refractivity contribution in [1.29, 1.82) is 0 Å². The Labute approximate surface area is 91.5 Å². The van der Waals surface area contributed by atoms with E-state index < -0.39 is 24.2 Å². The van der Waals surface area contributed by atoms with Gasteiger partial charge in [0.05, 0.1) is 5.54 Å². The van der Waals surface area contributed by atoms with Crippen molar-refractivity contribution in [2.45, 2.75) is 24.6 Å². The molecule has 1 rings (SSSR count). The molecule has 0 atom stereocenters. The number of hydrogen-bond acceptors (Lipinski definition) is 3. The van der Waals surface area contributed by atoms with E-state index >= 15 is 0 Å². The van der Waals surface area contributed by atoms with Gasteiger partial charge in [0.1, 0.15) is 6.54 Å². The molecule has 1 heterocycles. The molecule has 0 bridgehead atoms. The molecule has 1 fully saturated rings. The molecular formula is C9H15F3N2O2. The lowest BCUT2D eigenvalue weighted by Gasteiger charge is -2.35. The predicted octanol–water partition coefficient (Wildman–Crippen LogP) is 0.515. The molecule has 94 valence electrons. The molecule has 0 aromatic heterocycles. The summed E-state index contributed by atoms with van der Waals surface area (Å²) in [4.78, 5) is 12.4. The van der Waals surface area contributed by atoms with E-state index in [2.05, 4.69) is 0 Å². The number of halogens is 3. The third-order valence-corrected chi connectivity index (χ3v) is 2.57. The highest BCUT2D eigenvalue weighted by molar-refractivity contribution is 5.86. The van der Waals surface area contributed by atoms with Gasteiger partial charge in [0.25, 0.3) is 0 Å². The summed E-state index contributed by atoms with van der Waals surface area (Å²) in [5, 5.41) is 0. The number of nitrogens with zero attached hydrogens (tertiary/aromatic N) is 1. The van der Waals surface area contributed by atoms with E-state index in [1.165, 1.54) is 0 Å². The minimum absolute atomic E-state index is 0.258. The van der Waals surface area contributed by atoms with E-state index in [4.69, 9.17) is 10.5 Å². The van der Waals surface area contributed by atoms with Gasteiger partial charge in [-0.15, -0.1) is 0 Å². The SMILES string of the molecule is CN(CC(F)(F)F)C(=O)C1(N)CCOCC1. The molecule has 7 heteroatoms. The van der Waals surface area contributed by atoms with Gasteiger partial charge >= 0.3 is 6.18 Å². The van der Waals surface area contributed by atoms with E-state index in [1.807, 2.05) is 0 Å². The molecule has 0 aromatic rings. The summed E-state index contributed by atoms with van der Waals surface area (Å²) in [5.41, 5.74) is 4.57. The summed E-state index contributed by atoms with van der Waals surface area (Å²) in [5.74, 6) is -0.673. The van der Waals surface area contributed by atoms with Crippen LogP contribution in [0, 0.1) is 0 Å². The van der Waals surface area contributed by atoms with E-state index in [0.29, 0.717) is 18.1 Å². The number of rotatable bonds is 2. The maximum Gasteiger partial charge on any atom is 0.406 e. The molecule has 0 saturated carbocycles. The van der Waals surface area contributed by atoms with Gasteiger partial charge in [-0.25, -0.2) is 0 Å². The highest BCUT2D eigenvalue weighted by atomic mass is 19.4. The molecule has 0 radical (unpaired) electrons. The fraction of sp³-hybridized carbons (Fsp3) is 0.889. The second-order valence-electron chi connectivity index (χ2n) is 4.04. The van der Waals surface area contributed by atoms with Crippen LogP contribution >= 0.6 is 0 Å². The minimum atomic E-state index is -4.40. The number of nitrogens with two attached hydrogens (primary N) is 1. The molecule has 0 aliphatic carbocycles. The number of carbonyl (C=O) groups is 1. The van der Waals surface area contributed by atoms with Crippen LogP contribution in [0.1, 0.15) is 12.8 Å². The van der Waals surface area contributed by atoms with Crippen molar-refractivity contribution >= 4 is 5.91 Å². The van der Waals surface area contributed by atoms with Gasteiger partial charge in [-0.2, -0.15) is 13.2 Å². The number of likely N-dealkylation sites (N-methyl/N-ethyl adjacent to an activating group) is 1. The van der Waals surface area contributed by atoms with Crippen molar-refractivity contribution < 1.29 is 22.7 Å². The highest BCUT2D eigenvalue weighted by Crippen LogP contribution is 2.22. The molecule has 16 heavy (non-hydrogen) atoms. The maximum absolute atomic E-state index is 12.1. The van der Waals surface area contributed by atoms with Crippen LogP contribution in [0.15, 0.2) is 0 Å². The molecule has 1 aliphatic heterocycles. The Morgan fingerprint density at radius 2 is 1.94 bits per heavy atom. The normalized spacial score (nSPS) is 20.6. The van der Waals surface area contributed by atoms with Crippen LogP contribution in [-0.4, -0.2) is 49.3 Å². The largest absolute Gasteiger partial charge is 0.406 e. The zero-order valence-electron chi connectivity index (χ0n) is 9.01. The van der Waals surface area contributed by atoms with Crippen LogP contribution in [-0.2, 0) is 9.53 Å². The summed E-state index contributed by atoms with van der Waals surface area (Å²) in [6.07, 6.45) is -3.88. The Balaban J connectivity index is 2.62. The number of alkyl halides is 3. The van der Waals surface area contributed by atoms with Crippen LogP contribution in [0.3, 0.4) is 0 Å². The summed E-state index contributed by atoms with van der Waals surface area (Å²) in [6.45, 7) is -0.657. The second kappa shape index (κ2) is 4.58. The first-order valence-corrected chi connectivity index (χ1v) is 4.93. The topological polar surface area (TPSA) is 55.6 Å². The van der Waals surface area contributed by atoms with E-state index in [9.17, 15) is 18.0 Å². The number of ether oxygens (including phenoxy) is 1. The minimum Gasteiger partial charge on any atom is -0.381 e. The third-order valence-electron chi connectivity index (χ3n) is 2.57. The van der Waals surface area contributed by atoms with E-state index in [0.717, 1.165) is 7.05 Å². The lowest BCUT2D eigenvalue weighted by atomic mass is 9.90. The van der Waals surface area contributed by atoms with Gasteiger partial charge in [0.2, 0.25) is 5.91 Å². The van der Waals surface area contributed by atoms with Crippen LogP contribution in [0.4, 0.5) is 13.2 Å². The van der Waals surface area contributed by atoms with Gasteiger partial charge in [-0.1, -0.05) is 0 Å². The average Bonchev–Trinajstić information content (AvgIpc) is 2.15. The summed E-state index contributed by atoms with van der Waals surface area (Å²) in [6, 6.07) is 0. The number of carbonyl (C=O) groups excluding carboxylic acids is 1. The van der Waals surface area contributed by atoms with Gasteiger partial charge in [-0.05, 0) is 12.8 Å². The molecule has 1 amide bonds. The predicted molar refractivity (Wildman–Crippen MR) is 50.7 cm³/mol. The fourth-order valence-corrected chi connectivity index (χ4v) is 1.67. The average molecular weight is 240 g/mol. The molecular weight excluding hydrogens is 225 g/mol. The van der Waals surface area contributed by atoms with Crippen LogP contribution < -0.4 is 5.73 Å². The van der Waals surface area contributed by atoms with E-state index in [-0.39, 0.29) is 12.8 Å². The first-order valence-electron chi connectivity index (χ1n) is 4.93. The molecule has 1 saturated heterocycles. The monoisotopic (exact) mass is 240 g/mol. The first kappa shape index (κ1) is 13.2. The summed E-state index contributed by atoms with van der Waals surface area (Å²) < 4.78 is 41.3. The Hall–Kier alpha value is -0.820. The quantitative estimate of drug-likeness (QED) is 0.765. The van der Waals surface area contributed by atoms with Gasteiger partial charge in [0, 0.05) is 20.3 Å². The Bertz CT molecular complexity index is 262. The zero-order chi connectivity index (χ0) is 12.4. The molecule has 0 unspecified atom stereocenters. The first-order chi connectivity index (χ1) is 7.25. The Morgan fingerprint density at radius 1 is 1.44 bits per heavy atom. The van der Waals surface area contributed by atoms with Crippen LogP contribution in [0.25, 0.3) is 0 Å². The van der Waals surface area contributed by atoms with Crippen LogP contribution in [0.2, 0.25) is 0 Å².